The number of aromatic nitrogens is 2. The minimum Gasteiger partial charge on any atom is -0.393 e. The molecule has 0 bridgehead atoms. The van der Waals surface area contributed by atoms with E-state index in [0.29, 0.717) is 5.69 Å². The molecule has 22 heavy (non-hydrogen) atoms. The highest BCUT2D eigenvalue weighted by Gasteiger charge is 2.31. The van der Waals surface area contributed by atoms with E-state index in [1.54, 1.807) is 0 Å². The number of anilines is 1. The summed E-state index contributed by atoms with van der Waals surface area (Å²) in [5.74, 6) is 0. The lowest BCUT2D eigenvalue weighted by atomic mass is 9.91. The Kier molecular flexibility index (Phi) is 3.63. The van der Waals surface area contributed by atoms with Crippen LogP contribution in [0.4, 0.5) is 5.69 Å². The predicted octanol–water partition coefficient (Wildman–Crippen LogP) is 3.63. The Hall–Kier alpha value is -1.97. The Bertz CT molecular complexity index is 713. The molecule has 1 aliphatic rings. The molecule has 1 aromatic carbocycles. The molecular formula is C18H25N3O. The second-order valence-corrected chi connectivity index (χ2v) is 7.25. The predicted molar refractivity (Wildman–Crippen MR) is 90.6 cm³/mol. The average Bonchev–Trinajstić information content (AvgIpc) is 3.07. The monoisotopic (exact) mass is 299 g/mol. The SMILES string of the molecule is CC(C)(C)c1c(N)c(=O)n(C2CCCC2)n1-c1ccccc1. The van der Waals surface area contributed by atoms with Crippen molar-refractivity contribution >= 4 is 5.69 Å². The zero-order chi connectivity index (χ0) is 15.9. The maximum Gasteiger partial charge on any atom is 0.290 e. The number of para-hydroxylation sites is 1. The van der Waals surface area contributed by atoms with Crippen LogP contribution in [0.15, 0.2) is 35.1 Å². The van der Waals surface area contributed by atoms with Gasteiger partial charge in [-0.15, -0.1) is 0 Å². The molecule has 1 aliphatic carbocycles. The fraction of sp³-hybridized carbons (Fsp3) is 0.500. The van der Waals surface area contributed by atoms with E-state index in [-0.39, 0.29) is 17.0 Å². The van der Waals surface area contributed by atoms with Crippen LogP contribution in [-0.4, -0.2) is 9.36 Å². The van der Waals surface area contributed by atoms with Gasteiger partial charge in [0.1, 0.15) is 5.69 Å². The van der Waals surface area contributed by atoms with E-state index >= 15 is 0 Å². The van der Waals surface area contributed by atoms with E-state index in [0.717, 1.165) is 24.2 Å². The summed E-state index contributed by atoms with van der Waals surface area (Å²) >= 11 is 0. The van der Waals surface area contributed by atoms with Crippen molar-refractivity contribution in [3.05, 3.63) is 46.4 Å². The van der Waals surface area contributed by atoms with Crippen LogP contribution in [0.5, 0.6) is 0 Å². The van der Waals surface area contributed by atoms with Crippen molar-refractivity contribution in [2.75, 3.05) is 5.73 Å². The summed E-state index contributed by atoms with van der Waals surface area (Å²) in [6, 6.07) is 10.3. The third-order valence-electron chi connectivity index (χ3n) is 4.50. The first-order chi connectivity index (χ1) is 10.4. The van der Waals surface area contributed by atoms with Crippen LogP contribution < -0.4 is 11.3 Å². The molecule has 2 aromatic rings. The summed E-state index contributed by atoms with van der Waals surface area (Å²) < 4.78 is 3.96. The maximum absolute atomic E-state index is 12.8. The molecule has 0 unspecified atom stereocenters. The van der Waals surface area contributed by atoms with Crippen molar-refractivity contribution < 1.29 is 0 Å². The van der Waals surface area contributed by atoms with Crippen LogP contribution in [0.3, 0.4) is 0 Å². The van der Waals surface area contributed by atoms with Crippen molar-refractivity contribution in [3.8, 4) is 5.69 Å². The van der Waals surface area contributed by atoms with Crippen molar-refractivity contribution in [3.63, 3.8) is 0 Å². The molecule has 1 heterocycles. The number of nitrogens with zero attached hydrogens (tertiary/aromatic N) is 2. The van der Waals surface area contributed by atoms with Crippen LogP contribution in [0.1, 0.15) is 58.2 Å². The number of benzene rings is 1. The molecule has 118 valence electrons. The molecule has 1 aromatic heterocycles. The summed E-state index contributed by atoms with van der Waals surface area (Å²) in [6.45, 7) is 6.32. The number of rotatable bonds is 2. The molecule has 0 aliphatic heterocycles. The molecular weight excluding hydrogens is 274 g/mol. The van der Waals surface area contributed by atoms with Crippen molar-refractivity contribution in [1.29, 1.82) is 0 Å². The zero-order valence-electron chi connectivity index (χ0n) is 13.7. The van der Waals surface area contributed by atoms with E-state index in [1.165, 1.54) is 12.8 Å². The summed E-state index contributed by atoms with van der Waals surface area (Å²) in [5.41, 5.74) is 8.32. The topological polar surface area (TPSA) is 53.0 Å². The van der Waals surface area contributed by atoms with Gasteiger partial charge in [0.05, 0.1) is 17.4 Å². The van der Waals surface area contributed by atoms with E-state index in [2.05, 4.69) is 25.5 Å². The lowest BCUT2D eigenvalue weighted by molar-refractivity contribution is 0.398. The minimum atomic E-state index is -0.192. The van der Waals surface area contributed by atoms with Gasteiger partial charge in [-0.3, -0.25) is 9.48 Å². The molecule has 0 atom stereocenters. The Morgan fingerprint density at radius 2 is 1.68 bits per heavy atom. The molecule has 0 saturated heterocycles. The molecule has 0 radical (unpaired) electrons. The van der Waals surface area contributed by atoms with Crippen LogP contribution >= 0.6 is 0 Å². The highest BCUT2D eigenvalue weighted by Crippen LogP contribution is 2.34. The van der Waals surface area contributed by atoms with Crippen LogP contribution in [0, 0.1) is 0 Å². The summed E-state index contributed by atoms with van der Waals surface area (Å²) in [4.78, 5) is 12.8. The minimum absolute atomic E-state index is 0.0410. The second kappa shape index (κ2) is 5.34. The molecule has 1 fully saturated rings. The summed E-state index contributed by atoms with van der Waals surface area (Å²) in [5, 5.41) is 0. The van der Waals surface area contributed by atoms with E-state index in [9.17, 15) is 4.79 Å². The van der Waals surface area contributed by atoms with Crippen molar-refractivity contribution in [1.82, 2.24) is 9.36 Å². The Labute approximate surface area is 131 Å². The third kappa shape index (κ3) is 2.36. The lowest BCUT2D eigenvalue weighted by Crippen LogP contribution is -2.27. The number of nitrogens with two attached hydrogens (primary N) is 1. The summed E-state index contributed by atoms with van der Waals surface area (Å²) in [7, 11) is 0. The zero-order valence-corrected chi connectivity index (χ0v) is 13.7. The quantitative estimate of drug-likeness (QED) is 0.920. The van der Waals surface area contributed by atoms with E-state index < -0.39 is 0 Å². The molecule has 4 nitrogen and oxygen atoms in total. The van der Waals surface area contributed by atoms with Crippen LogP contribution in [0.2, 0.25) is 0 Å². The van der Waals surface area contributed by atoms with Gasteiger partial charge in [0, 0.05) is 5.41 Å². The first-order valence-corrected chi connectivity index (χ1v) is 8.10. The molecule has 3 rings (SSSR count). The molecule has 0 amide bonds. The molecule has 4 heteroatoms. The van der Waals surface area contributed by atoms with Gasteiger partial charge >= 0.3 is 0 Å². The molecule has 1 saturated carbocycles. The molecule has 2 N–H and O–H groups in total. The van der Waals surface area contributed by atoms with Gasteiger partial charge in [-0.2, -0.15) is 0 Å². The number of hydrogen-bond acceptors (Lipinski definition) is 2. The Morgan fingerprint density at radius 1 is 1.09 bits per heavy atom. The first kappa shape index (κ1) is 14.9. The molecule has 0 spiro atoms. The van der Waals surface area contributed by atoms with Crippen LogP contribution in [0.25, 0.3) is 5.69 Å². The average molecular weight is 299 g/mol. The van der Waals surface area contributed by atoms with Gasteiger partial charge in [-0.25, -0.2) is 4.68 Å². The number of hydrogen-bond donors (Lipinski definition) is 1. The van der Waals surface area contributed by atoms with Gasteiger partial charge in [-0.1, -0.05) is 51.8 Å². The highest BCUT2D eigenvalue weighted by molar-refractivity contribution is 5.50. The standard InChI is InChI=1S/C18H25N3O/c1-18(2,3)16-15(19)17(22)21(14-11-7-8-12-14)20(16)13-9-5-4-6-10-13/h4-6,9-10,14H,7-8,11-12,19H2,1-3H3. The highest BCUT2D eigenvalue weighted by atomic mass is 16.1. The number of nitrogen functional groups attached to an aromatic ring is 1. The van der Waals surface area contributed by atoms with Gasteiger partial charge in [0.15, 0.2) is 0 Å². The fourth-order valence-electron chi connectivity index (χ4n) is 3.56. The van der Waals surface area contributed by atoms with Gasteiger partial charge in [0.25, 0.3) is 5.56 Å². The van der Waals surface area contributed by atoms with E-state index in [1.807, 2.05) is 35.0 Å². The van der Waals surface area contributed by atoms with Gasteiger partial charge in [0.2, 0.25) is 0 Å². The fourth-order valence-corrected chi connectivity index (χ4v) is 3.56. The smallest absolute Gasteiger partial charge is 0.290 e. The first-order valence-electron chi connectivity index (χ1n) is 8.10. The second-order valence-electron chi connectivity index (χ2n) is 7.25. The lowest BCUT2D eigenvalue weighted by Gasteiger charge is -2.25. The van der Waals surface area contributed by atoms with Gasteiger partial charge in [-0.05, 0) is 25.0 Å². The van der Waals surface area contributed by atoms with Crippen molar-refractivity contribution in [2.45, 2.75) is 57.9 Å². The third-order valence-corrected chi connectivity index (χ3v) is 4.50. The maximum atomic E-state index is 12.8. The van der Waals surface area contributed by atoms with Gasteiger partial charge < -0.3 is 5.73 Å². The normalized spacial score (nSPS) is 16.3. The summed E-state index contributed by atoms with van der Waals surface area (Å²) in [6.07, 6.45) is 4.48. The Balaban J connectivity index is 2.32. The Morgan fingerprint density at radius 3 is 2.23 bits per heavy atom. The van der Waals surface area contributed by atoms with E-state index in [4.69, 9.17) is 5.73 Å². The van der Waals surface area contributed by atoms with Crippen LogP contribution in [-0.2, 0) is 5.41 Å². The largest absolute Gasteiger partial charge is 0.393 e. The van der Waals surface area contributed by atoms with Crippen molar-refractivity contribution in [2.24, 2.45) is 0 Å².